The molecule has 200 valence electrons. The maximum absolute atomic E-state index is 13.5. The number of hydrogen-bond acceptors (Lipinski definition) is 9. The fourth-order valence-corrected chi connectivity index (χ4v) is 8.44. The summed E-state index contributed by atoms with van der Waals surface area (Å²) in [7, 11) is -0.920. The van der Waals surface area contributed by atoms with Crippen LogP contribution >= 0.6 is 34.3 Å². The average molecular weight is 588 g/mol. The average Bonchev–Trinajstić information content (AvgIpc) is 3.46. The third-order valence-electron chi connectivity index (χ3n) is 5.84. The van der Waals surface area contributed by atoms with Crippen LogP contribution in [0.2, 0.25) is 4.34 Å². The first kappa shape index (κ1) is 27.6. The summed E-state index contributed by atoms with van der Waals surface area (Å²) in [5.74, 6) is -0.171. The molecule has 2 aromatic heterocycles. The van der Waals surface area contributed by atoms with Gasteiger partial charge in [0, 0.05) is 18.7 Å². The van der Waals surface area contributed by atoms with Crippen LogP contribution in [0.1, 0.15) is 26.2 Å². The van der Waals surface area contributed by atoms with Gasteiger partial charge in [-0.25, -0.2) is 8.42 Å². The summed E-state index contributed by atoms with van der Waals surface area (Å²) in [6.07, 6.45) is 1.66. The molecule has 14 heteroatoms. The summed E-state index contributed by atoms with van der Waals surface area (Å²) < 4.78 is 46.5. The smallest absolute Gasteiger partial charge is 0.326 e. The Morgan fingerprint density at radius 3 is 2.51 bits per heavy atom. The molecule has 0 saturated carbocycles. The van der Waals surface area contributed by atoms with Crippen molar-refractivity contribution in [2.24, 2.45) is 4.99 Å². The van der Waals surface area contributed by atoms with Crippen LogP contribution in [-0.4, -0.2) is 62.6 Å². The number of sulfonamides is 1. The van der Waals surface area contributed by atoms with Crippen molar-refractivity contribution in [3.8, 4) is 11.5 Å². The number of rotatable bonds is 8. The molecule has 1 aliphatic rings. The van der Waals surface area contributed by atoms with Crippen LogP contribution in [0.4, 0.5) is 0 Å². The second-order valence-electron chi connectivity index (χ2n) is 8.09. The van der Waals surface area contributed by atoms with Gasteiger partial charge in [0.2, 0.25) is 0 Å². The Bertz CT molecular complexity index is 1490. The molecule has 1 unspecified atom stereocenters. The van der Waals surface area contributed by atoms with E-state index in [0.29, 0.717) is 45.3 Å². The van der Waals surface area contributed by atoms with Gasteiger partial charge in [-0.2, -0.15) is 9.30 Å². The number of amides is 1. The van der Waals surface area contributed by atoms with E-state index in [1.807, 2.05) is 0 Å². The van der Waals surface area contributed by atoms with Crippen LogP contribution in [0.3, 0.4) is 0 Å². The summed E-state index contributed by atoms with van der Waals surface area (Å²) in [4.78, 5) is 30.4. The van der Waals surface area contributed by atoms with Gasteiger partial charge in [0.15, 0.2) is 16.3 Å². The van der Waals surface area contributed by atoms with E-state index in [1.165, 1.54) is 42.0 Å². The van der Waals surface area contributed by atoms with Crippen LogP contribution in [0.25, 0.3) is 10.2 Å². The molecular weight excluding hydrogens is 562 g/mol. The van der Waals surface area contributed by atoms with Crippen LogP contribution in [0.5, 0.6) is 11.5 Å². The molecule has 4 rings (SSSR count). The molecular formula is C23H26ClN3O7S3. The van der Waals surface area contributed by atoms with Crippen molar-refractivity contribution in [3.63, 3.8) is 0 Å². The van der Waals surface area contributed by atoms with E-state index in [0.717, 1.165) is 11.3 Å². The molecule has 3 aromatic rings. The Kier molecular flexibility index (Phi) is 8.59. The van der Waals surface area contributed by atoms with Gasteiger partial charge < -0.3 is 18.8 Å². The maximum Gasteiger partial charge on any atom is 0.326 e. The van der Waals surface area contributed by atoms with Crippen molar-refractivity contribution in [3.05, 3.63) is 33.4 Å². The Morgan fingerprint density at radius 2 is 1.86 bits per heavy atom. The lowest BCUT2D eigenvalue weighted by Gasteiger charge is -2.31. The number of piperidine rings is 1. The Hall–Kier alpha value is -2.45. The maximum atomic E-state index is 13.5. The molecule has 1 atom stereocenters. The van der Waals surface area contributed by atoms with E-state index in [2.05, 4.69) is 4.99 Å². The lowest BCUT2D eigenvalue weighted by Crippen LogP contribution is -2.47. The number of carbonyl (C=O) groups excluding carboxylic acids is 2. The lowest BCUT2D eigenvalue weighted by atomic mass is 10.0. The van der Waals surface area contributed by atoms with Gasteiger partial charge in [-0.1, -0.05) is 29.4 Å². The second-order valence-corrected chi connectivity index (χ2v) is 12.9. The number of carbonyl (C=O) groups is 2. The minimum absolute atomic E-state index is 0.0793. The number of nitrogens with zero attached hydrogens (tertiary/aromatic N) is 3. The van der Waals surface area contributed by atoms with E-state index >= 15 is 0 Å². The summed E-state index contributed by atoms with van der Waals surface area (Å²) in [6.45, 7) is 1.92. The molecule has 0 spiro atoms. The monoisotopic (exact) mass is 587 g/mol. The zero-order valence-electron chi connectivity index (χ0n) is 20.4. The van der Waals surface area contributed by atoms with E-state index < -0.39 is 27.9 Å². The van der Waals surface area contributed by atoms with Crippen LogP contribution in [0, 0.1) is 0 Å². The Labute approximate surface area is 227 Å². The third kappa shape index (κ3) is 5.70. The minimum atomic E-state index is -3.93. The number of fused-ring (bicyclic) bond motifs is 1. The Morgan fingerprint density at radius 1 is 1.14 bits per heavy atom. The number of halogens is 1. The number of benzene rings is 1. The third-order valence-corrected chi connectivity index (χ3v) is 10.5. The number of esters is 1. The molecule has 1 saturated heterocycles. The van der Waals surface area contributed by atoms with Gasteiger partial charge in [0.25, 0.3) is 15.9 Å². The van der Waals surface area contributed by atoms with Gasteiger partial charge in [0.05, 0.1) is 35.4 Å². The number of thiophene rings is 1. The second kappa shape index (κ2) is 11.5. The summed E-state index contributed by atoms with van der Waals surface area (Å²) in [5, 5.41) is 0. The van der Waals surface area contributed by atoms with Gasteiger partial charge in [-0.15, -0.1) is 11.3 Å². The highest BCUT2D eigenvalue weighted by atomic mass is 35.5. The summed E-state index contributed by atoms with van der Waals surface area (Å²) in [6, 6.07) is 5.43. The molecule has 10 nitrogen and oxygen atoms in total. The molecule has 0 aliphatic carbocycles. The first-order chi connectivity index (χ1) is 17.7. The highest BCUT2D eigenvalue weighted by Crippen LogP contribution is 2.34. The van der Waals surface area contributed by atoms with Crippen molar-refractivity contribution in [2.75, 3.05) is 27.4 Å². The fourth-order valence-electron chi connectivity index (χ4n) is 4.13. The van der Waals surface area contributed by atoms with Gasteiger partial charge in [-0.3, -0.25) is 9.59 Å². The standard InChI is InChI=1S/C23H26ClN3O7S3/c1-4-34-20(28)13-26-15-11-16(32-2)17(33-3)12-18(15)35-23(26)25-22(29)14-7-5-6-10-27(14)37(30,31)21-9-8-19(24)36-21/h8-9,11-12,14H,4-7,10,13H2,1-3H3. The molecule has 1 aromatic carbocycles. The quantitative estimate of drug-likeness (QED) is 0.369. The minimum Gasteiger partial charge on any atom is -0.493 e. The number of aromatic nitrogens is 1. The summed E-state index contributed by atoms with van der Waals surface area (Å²) >= 11 is 8.10. The molecule has 0 radical (unpaired) electrons. The number of ether oxygens (including phenoxy) is 3. The predicted molar refractivity (Wildman–Crippen MR) is 141 cm³/mol. The lowest BCUT2D eigenvalue weighted by molar-refractivity contribution is -0.143. The van der Waals surface area contributed by atoms with Crippen LogP contribution in [-0.2, 0) is 30.9 Å². The molecule has 3 heterocycles. The Balaban J connectivity index is 1.79. The molecule has 0 bridgehead atoms. The normalized spacial score (nSPS) is 17.2. The summed E-state index contributed by atoms with van der Waals surface area (Å²) in [5.41, 5.74) is 0.601. The zero-order chi connectivity index (χ0) is 26.7. The van der Waals surface area contributed by atoms with E-state index in [4.69, 9.17) is 25.8 Å². The SMILES string of the molecule is CCOC(=O)Cn1c(=NC(=O)C2CCCCN2S(=O)(=O)c2ccc(Cl)s2)sc2cc(OC)c(OC)cc21. The first-order valence-electron chi connectivity index (χ1n) is 11.5. The molecule has 37 heavy (non-hydrogen) atoms. The fraction of sp³-hybridized carbons (Fsp3) is 0.435. The first-order valence-corrected chi connectivity index (χ1v) is 14.9. The number of methoxy groups -OCH3 is 2. The van der Waals surface area contributed by atoms with Gasteiger partial charge in [-0.05, 0) is 31.9 Å². The highest BCUT2D eigenvalue weighted by molar-refractivity contribution is 7.91. The van der Waals surface area contributed by atoms with Crippen molar-refractivity contribution in [2.45, 2.75) is 43.0 Å². The highest BCUT2D eigenvalue weighted by Gasteiger charge is 2.38. The van der Waals surface area contributed by atoms with E-state index in [-0.39, 0.29) is 28.7 Å². The molecule has 1 aliphatic heterocycles. The van der Waals surface area contributed by atoms with Crippen LogP contribution in [0.15, 0.2) is 33.5 Å². The van der Waals surface area contributed by atoms with Crippen molar-refractivity contribution in [1.29, 1.82) is 0 Å². The van der Waals surface area contributed by atoms with E-state index in [9.17, 15) is 18.0 Å². The number of thiazole rings is 1. The van der Waals surface area contributed by atoms with Crippen molar-refractivity contribution in [1.82, 2.24) is 8.87 Å². The zero-order valence-corrected chi connectivity index (χ0v) is 23.6. The number of hydrogen-bond donors (Lipinski definition) is 0. The van der Waals surface area contributed by atoms with Gasteiger partial charge in [0.1, 0.15) is 16.8 Å². The predicted octanol–water partition coefficient (Wildman–Crippen LogP) is 3.67. The van der Waals surface area contributed by atoms with Crippen molar-refractivity contribution >= 4 is 66.4 Å². The van der Waals surface area contributed by atoms with Gasteiger partial charge >= 0.3 is 5.97 Å². The van der Waals surface area contributed by atoms with Crippen LogP contribution < -0.4 is 14.3 Å². The molecule has 0 N–H and O–H groups in total. The van der Waals surface area contributed by atoms with Crippen molar-refractivity contribution < 1.29 is 32.2 Å². The van der Waals surface area contributed by atoms with E-state index in [1.54, 1.807) is 23.6 Å². The largest absolute Gasteiger partial charge is 0.493 e. The molecule has 1 amide bonds. The topological polar surface area (TPSA) is 116 Å². The molecule has 1 fully saturated rings.